The Morgan fingerprint density at radius 3 is 2.33 bits per heavy atom. The highest BCUT2D eigenvalue weighted by molar-refractivity contribution is 7.88. The summed E-state index contributed by atoms with van der Waals surface area (Å²) in [4.78, 5) is 11.5. The molecular weight excluding hydrogens is 290 g/mol. The van der Waals surface area contributed by atoms with Crippen LogP contribution in [-0.2, 0) is 20.6 Å². The van der Waals surface area contributed by atoms with Crippen molar-refractivity contribution in [3.8, 4) is 0 Å². The van der Waals surface area contributed by atoms with Gasteiger partial charge in [-0.3, -0.25) is 4.79 Å². The van der Waals surface area contributed by atoms with Crippen LogP contribution in [0.5, 0.6) is 0 Å². The molecule has 0 aromatic heterocycles. The first-order chi connectivity index (χ1) is 9.94. The van der Waals surface area contributed by atoms with Crippen molar-refractivity contribution in [1.29, 1.82) is 0 Å². The van der Waals surface area contributed by atoms with Gasteiger partial charge >= 0.3 is 5.97 Å². The van der Waals surface area contributed by atoms with Crippen molar-refractivity contribution in [3.63, 3.8) is 0 Å². The summed E-state index contributed by atoms with van der Waals surface area (Å²) >= 11 is 0. The number of hydrogen-bond acceptors (Lipinski definition) is 3. The average molecular weight is 311 g/mol. The molecule has 1 aromatic carbocycles. The molecule has 0 aliphatic heterocycles. The molecule has 0 saturated heterocycles. The van der Waals surface area contributed by atoms with Gasteiger partial charge in [0.05, 0.1) is 11.2 Å². The maximum atomic E-state index is 12.1. The molecule has 0 unspecified atom stereocenters. The summed E-state index contributed by atoms with van der Waals surface area (Å²) in [7, 11) is -3.52. The first-order valence-electron chi connectivity index (χ1n) is 7.18. The molecule has 1 aliphatic rings. The van der Waals surface area contributed by atoms with Crippen molar-refractivity contribution in [2.45, 2.75) is 37.9 Å². The SMILES string of the molecule is O=C(O)C1(CNS(=O)(=O)Cc2ccccc2)CCCCC1. The minimum absolute atomic E-state index is 0.0164. The molecule has 1 aliphatic carbocycles. The molecule has 2 N–H and O–H groups in total. The maximum absolute atomic E-state index is 12.1. The maximum Gasteiger partial charge on any atom is 0.310 e. The molecule has 1 saturated carbocycles. The zero-order chi connectivity index (χ0) is 15.3. The van der Waals surface area contributed by atoms with E-state index in [-0.39, 0.29) is 12.3 Å². The third kappa shape index (κ3) is 4.28. The molecule has 21 heavy (non-hydrogen) atoms. The van der Waals surface area contributed by atoms with Crippen LogP contribution in [0.15, 0.2) is 30.3 Å². The molecule has 0 amide bonds. The summed E-state index contributed by atoms with van der Waals surface area (Å²) in [5.41, 5.74) is -0.250. The molecule has 1 aromatic rings. The Kier molecular flexibility index (Phi) is 5.00. The normalized spacial score (nSPS) is 18.3. The monoisotopic (exact) mass is 311 g/mol. The third-order valence-electron chi connectivity index (χ3n) is 4.09. The summed E-state index contributed by atoms with van der Waals surface area (Å²) in [6.07, 6.45) is 3.78. The zero-order valence-electron chi connectivity index (χ0n) is 11.9. The van der Waals surface area contributed by atoms with Crippen LogP contribution in [0.1, 0.15) is 37.7 Å². The highest BCUT2D eigenvalue weighted by Gasteiger charge is 2.40. The van der Waals surface area contributed by atoms with Gasteiger partial charge in [0.25, 0.3) is 0 Å². The van der Waals surface area contributed by atoms with Crippen LogP contribution in [-0.4, -0.2) is 26.0 Å². The van der Waals surface area contributed by atoms with Crippen molar-refractivity contribution in [2.24, 2.45) is 5.41 Å². The highest BCUT2D eigenvalue weighted by Crippen LogP contribution is 2.36. The number of rotatable bonds is 6. The van der Waals surface area contributed by atoms with Crippen LogP contribution < -0.4 is 4.72 Å². The molecule has 5 nitrogen and oxygen atoms in total. The fourth-order valence-electron chi connectivity index (χ4n) is 2.79. The molecule has 0 spiro atoms. The predicted octanol–water partition coefficient (Wildman–Crippen LogP) is 2.14. The average Bonchev–Trinajstić information content (AvgIpc) is 2.47. The number of carbonyl (C=O) groups is 1. The van der Waals surface area contributed by atoms with E-state index in [4.69, 9.17) is 0 Å². The standard InChI is InChI=1S/C15H21NO4S/c17-14(18)15(9-5-2-6-10-15)12-16-21(19,20)11-13-7-3-1-4-8-13/h1,3-4,7-8,16H,2,5-6,9-12H2,(H,17,18). The predicted molar refractivity (Wildman–Crippen MR) is 80.2 cm³/mol. The van der Waals surface area contributed by atoms with E-state index in [2.05, 4.69) is 4.72 Å². The van der Waals surface area contributed by atoms with Crippen LogP contribution in [0.2, 0.25) is 0 Å². The summed E-state index contributed by atoms with van der Waals surface area (Å²) < 4.78 is 26.7. The number of sulfonamides is 1. The van der Waals surface area contributed by atoms with Gasteiger partial charge in [-0.05, 0) is 18.4 Å². The van der Waals surface area contributed by atoms with Gasteiger partial charge in [0.2, 0.25) is 10.0 Å². The van der Waals surface area contributed by atoms with E-state index in [1.165, 1.54) is 0 Å². The van der Waals surface area contributed by atoms with Crippen LogP contribution in [0.3, 0.4) is 0 Å². The Balaban J connectivity index is 2.01. The van der Waals surface area contributed by atoms with Gasteiger partial charge in [-0.25, -0.2) is 13.1 Å². The zero-order valence-corrected chi connectivity index (χ0v) is 12.7. The van der Waals surface area contributed by atoms with Gasteiger partial charge in [0.15, 0.2) is 0 Å². The topological polar surface area (TPSA) is 83.5 Å². The van der Waals surface area contributed by atoms with Gasteiger partial charge in [-0.2, -0.15) is 0 Å². The summed E-state index contributed by atoms with van der Waals surface area (Å²) in [5, 5.41) is 9.44. The first kappa shape index (κ1) is 16.0. The molecule has 0 radical (unpaired) electrons. The van der Waals surface area contributed by atoms with Gasteiger partial charge in [0, 0.05) is 6.54 Å². The molecule has 0 atom stereocenters. The van der Waals surface area contributed by atoms with E-state index in [0.29, 0.717) is 18.4 Å². The quantitative estimate of drug-likeness (QED) is 0.843. The van der Waals surface area contributed by atoms with E-state index >= 15 is 0 Å². The minimum atomic E-state index is -3.52. The van der Waals surface area contributed by atoms with E-state index in [1.807, 2.05) is 6.07 Å². The molecule has 0 heterocycles. The van der Waals surface area contributed by atoms with E-state index in [0.717, 1.165) is 19.3 Å². The van der Waals surface area contributed by atoms with Crippen LogP contribution in [0.25, 0.3) is 0 Å². The smallest absolute Gasteiger partial charge is 0.310 e. The van der Waals surface area contributed by atoms with Crippen molar-refractivity contribution in [2.75, 3.05) is 6.54 Å². The lowest BCUT2D eigenvalue weighted by atomic mass is 9.74. The van der Waals surface area contributed by atoms with Crippen molar-refractivity contribution in [1.82, 2.24) is 4.72 Å². The third-order valence-corrected chi connectivity index (χ3v) is 5.39. The van der Waals surface area contributed by atoms with Crippen molar-refractivity contribution < 1.29 is 18.3 Å². The highest BCUT2D eigenvalue weighted by atomic mass is 32.2. The fraction of sp³-hybridized carbons (Fsp3) is 0.533. The molecular formula is C15H21NO4S. The second-order valence-electron chi connectivity index (χ2n) is 5.71. The van der Waals surface area contributed by atoms with Crippen LogP contribution in [0.4, 0.5) is 0 Å². The Morgan fingerprint density at radius 1 is 1.14 bits per heavy atom. The number of aliphatic carboxylic acids is 1. The fourth-order valence-corrected chi connectivity index (χ4v) is 4.02. The Morgan fingerprint density at radius 2 is 1.76 bits per heavy atom. The van der Waals surface area contributed by atoms with E-state index in [1.54, 1.807) is 24.3 Å². The number of benzene rings is 1. The number of hydrogen-bond donors (Lipinski definition) is 2. The van der Waals surface area contributed by atoms with E-state index < -0.39 is 21.4 Å². The van der Waals surface area contributed by atoms with Gasteiger partial charge in [-0.15, -0.1) is 0 Å². The second kappa shape index (κ2) is 6.58. The molecule has 0 bridgehead atoms. The largest absolute Gasteiger partial charge is 0.481 e. The number of carboxylic acid groups (broad SMARTS) is 1. The lowest BCUT2D eigenvalue weighted by Gasteiger charge is -2.33. The Bertz CT molecular complexity index is 577. The molecule has 116 valence electrons. The number of nitrogens with one attached hydrogen (secondary N) is 1. The number of carboxylic acids is 1. The van der Waals surface area contributed by atoms with Crippen LogP contribution >= 0.6 is 0 Å². The van der Waals surface area contributed by atoms with Gasteiger partial charge in [0.1, 0.15) is 0 Å². The van der Waals surface area contributed by atoms with Crippen molar-refractivity contribution >= 4 is 16.0 Å². The second-order valence-corrected chi connectivity index (χ2v) is 7.52. The lowest BCUT2D eigenvalue weighted by Crippen LogP contribution is -2.44. The molecule has 1 fully saturated rings. The minimum Gasteiger partial charge on any atom is -0.481 e. The lowest BCUT2D eigenvalue weighted by molar-refractivity contribution is -0.150. The summed E-state index contributed by atoms with van der Waals surface area (Å²) in [5.74, 6) is -1.02. The molecule has 6 heteroatoms. The Labute approximate surface area is 125 Å². The van der Waals surface area contributed by atoms with Crippen LogP contribution in [0, 0.1) is 5.41 Å². The molecule has 2 rings (SSSR count). The van der Waals surface area contributed by atoms with Crippen molar-refractivity contribution in [3.05, 3.63) is 35.9 Å². The first-order valence-corrected chi connectivity index (χ1v) is 8.83. The Hall–Kier alpha value is -1.40. The van der Waals surface area contributed by atoms with Gasteiger partial charge < -0.3 is 5.11 Å². The summed E-state index contributed by atoms with van der Waals surface area (Å²) in [6.45, 7) is -0.0164. The summed E-state index contributed by atoms with van der Waals surface area (Å²) in [6, 6.07) is 8.88. The van der Waals surface area contributed by atoms with Gasteiger partial charge in [-0.1, -0.05) is 49.6 Å². The van der Waals surface area contributed by atoms with E-state index in [9.17, 15) is 18.3 Å².